The molecular weight excluding hydrogens is 188 g/mol. The number of ether oxygens (including phenoxy) is 4. The van der Waals surface area contributed by atoms with E-state index >= 15 is 0 Å². The first-order valence-corrected chi connectivity index (χ1v) is 4.58. The highest BCUT2D eigenvalue weighted by molar-refractivity contribution is 5.75. The minimum atomic E-state index is -0.741. The maximum absolute atomic E-state index is 11.4. The van der Waals surface area contributed by atoms with Crippen LogP contribution in [0, 0.1) is 0 Å². The molecule has 0 spiro atoms. The number of methoxy groups -OCH3 is 1. The van der Waals surface area contributed by atoms with E-state index in [4.69, 9.17) is 14.2 Å². The smallest absolute Gasteiger partial charge is 0.337 e. The first-order chi connectivity index (χ1) is 6.53. The molecule has 0 N–H and O–H groups in total. The van der Waals surface area contributed by atoms with Gasteiger partial charge in [-0.2, -0.15) is 0 Å². The molecule has 0 aromatic heterocycles. The quantitative estimate of drug-likeness (QED) is 0.468. The van der Waals surface area contributed by atoms with Gasteiger partial charge in [0.25, 0.3) is 0 Å². The Balaban J connectivity index is 2.09. The van der Waals surface area contributed by atoms with Crippen molar-refractivity contribution >= 4 is 5.97 Å². The summed E-state index contributed by atoms with van der Waals surface area (Å²) in [7, 11) is 1.34. The van der Waals surface area contributed by atoms with Gasteiger partial charge in [0.2, 0.25) is 0 Å². The Bertz CT molecular complexity index is 246. The normalized spacial score (nSPS) is 39.5. The van der Waals surface area contributed by atoms with Crippen molar-refractivity contribution in [3.63, 3.8) is 0 Å². The van der Waals surface area contributed by atoms with Crippen molar-refractivity contribution in [3.05, 3.63) is 0 Å². The van der Waals surface area contributed by atoms with Crippen molar-refractivity contribution in [3.8, 4) is 0 Å². The summed E-state index contributed by atoms with van der Waals surface area (Å²) in [5.74, 6) is -1.15. The summed E-state index contributed by atoms with van der Waals surface area (Å²) in [5, 5.41) is 0. The molecule has 0 saturated carbocycles. The third kappa shape index (κ3) is 1.75. The lowest BCUT2D eigenvalue weighted by atomic mass is 10.1. The number of hydrogen-bond acceptors (Lipinski definition) is 5. The maximum atomic E-state index is 11.4. The summed E-state index contributed by atoms with van der Waals surface area (Å²) >= 11 is 0. The number of carbonyl (C=O) groups is 1. The molecule has 80 valence electrons. The molecule has 14 heavy (non-hydrogen) atoms. The molecule has 0 bridgehead atoms. The first-order valence-electron chi connectivity index (χ1n) is 4.58. The SMILES string of the molecule is COC(=O)[C@@H]1OC(C)(C)O[C@@H]1[C@@H]1CO1. The van der Waals surface area contributed by atoms with Crippen molar-refractivity contribution in [2.75, 3.05) is 13.7 Å². The van der Waals surface area contributed by atoms with Crippen LogP contribution >= 0.6 is 0 Å². The Hall–Kier alpha value is -0.650. The Labute approximate surface area is 82.3 Å². The highest BCUT2D eigenvalue weighted by atomic mass is 16.8. The second-order valence-corrected chi connectivity index (χ2v) is 3.92. The van der Waals surface area contributed by atoms with Crippen molar-refractivity contribution in [2.45, 2.75) is 37.9 Å². The zero-order valence-electron chi connectivity index (χ0n) is 8.48. The summed E-state index contributed by atoms with van der Waals surface area (Å²) in [6.45, 7) is 4.16. The molecule has 0 unspecified atom stereocenters. The van der Waals surface area contributed by atoms with E-state index in [0.29, 0.717) is 6.61 Å². The lowest BCUT2D eigenvalue weighted by Gasteiger charge is -2.15. The van der Waals surface area contributed by atoms with Crippen molar-refractivity contribution in [2.24, 2.45) is 0 Å². The predicted molar refractivity (Wildman–Crippen MR) is 45.6 cm³/mol. The molecule has 0 amide bonds. The minimum Gasteiger partial charge on any atom is -0.467 e. The van der Waals surface area contributed by atoms with E-state index in [9.17, 15) is 4.79 Å². The molecule has 2 aliphatic rings. The molecule has 2 aliphatic heterocycles. The first kappa shape index (κ1) is 9.89. The summed E-state index contributed by atoms with van der Waals surface area (Å²) in [5.41, 5.74) is 0. The molecule has 2 fully saturated rings. The Morgan fingerprint density at radius 3 is 2.57 bits per heavy atom. The predicted octanol–water partition coefficient (Wildman–Crippen LogP) is 0.0783. The van der Waals surface area contributed by atoms with Crippen LogP contribution in [0.3, 0.4) is 0 Å². The van der Waals surface area contributed by atoms with Crippen LogP contribution < -0.4 is 0 Å². The summed E-state index contributed by atoms with van der Waals surface area (Å²) in [6, 6.07) is 0. The van der Waals surface area contributed by atoms with Gasteiger partial charge >= 0.3 is 5.97 Å². The van der Waals surface area contributed by atoms with Gasteiger partial charge in [0.15, 0.2) is 11.9 Å². The topological polar surface area (TPSA) is 57.3 Å². The maximum Gasteiger partial charge on any atom is 0.337 e. The van der Waals surface area contributed by atoms with Gasteiger partial charge in [-0.1, -0.05) is 0 Å². The third-order valence-electron chi connectivity index (χ3n) is 2.29. The van der Waals surface area contributed by atoms with E-state index in [1.807, 2.05) is 0 Å². The molecule has 2 rings (SSSR count). The summed E-state index contributed by atoms with van der Waals surface area (Å²) < 4.78 is 20.7. The van der Waals surface area contributed by atoms with Gasteiger partial charge in [0.05, 0.1) is 13.7 Å². The van der Waals surface area contributed by atoms with Gasteiger partial charge in [0, 0.05) is 0 Å². The molecule has 5 nitrogen and oxygen atoms in total. The van der Waals surface area contributed by atoms with Crippen LogP contribution in [-0.2, 0) is 23.7 Å². The van der Waals surface area contributed by atoms with Crippen LogP contribution in [0.15, 0.2) is 0 Å². The number of epoxide rings is 1. The van der Waals surface area contributed by atoms with Gasteiger partial charge in [-0.25, -0.2) is 4.79 Å². The van der Waals surface area contributed by atoms with E-state index in [1.165, 1.54) is 7.11 Å². The Kier molecular flexibility index (Phi) is 2.25. The van der Waals surface area contributed by atoms with E-state index in [0.717, 1.165) is 0 Å². The van der Waals surface area contributed by atoms with Crippen LogP contribution in [0.25, 0.3) is 0 Å². The summed E-state index contributed by atoms with van der Waals surface area (Å²) in [4.78, 5) is 11.4. The van der Waals surface area contributed by atoms with Crippen molar-refractivity contribution in [1.82, 2.24) is 0 Å². The lowest BCUT2D eigenvalue weighted by molar-refractivity contribution is -0.168. The summed E-state index contributed by atoms with van der Waals surface area (Å²) in [6.07, 6.45) is -1.03. The van der Waals surface area contributed by atoms with Gasteiger partial charge < -0.3 is 18.9 Å². The standard InChI is InChI=1S/C9H14O5/c1-9(2)13-6(5-4-12-5)7(14-9)8(10)11-3/h5-7H,4H2,1-3H3/t5-,6+,7+/m0/s1. The van der Waals surface area contributed by atoms with Crippen LogP contribution in [-0.4, -0.2) is 43.8 Å². The van der Waals surface area contributed by atoms with Crippen LogP contribution in [0.1, 0.15) is 13.8 Å². The zero-order valence-corrected chi connectivity index (χ0v) is 8.48. The third-order valence-corrected chi connectivity index (χ3v) is 2.29. The molecule has 0 aromatic rings. The average molecular weight is 202 g/mol. The van der Waals surface area contributed by atoms with Crippen LogP contribution in [0.5, 0.6) is 0 Å². The van der Waals surface area contributed by atoms with Gasteiger partial charge in [0.1, 0.15) is 12.2 Å². The fraction of sp³-hybridized carbons (Fsp3) is 0.889. The second kappa shape index (κ2) is 3.18. The monoisotopic (exact) mass is 202 g/mol. The number of esters is 1. The zero-order chi connectivity index (χ0) is 10.3. The molecule has 0 aromatic carbocycles. The van der Waals surface area contributed by atoms with Gasteiger partial charge in [-0.05, 0) is 13.8 Å². The van der Waals surface area contributed by atoms with E-state index in [-0.39, 0.29) is 12.2 Å². The highest BCUT2D eigenvalue weighted by Crippen LogP contribution is 2.34. The molecule has 0 aliphatic carbocycles. The molecule has 3 atom stereocenters. The number of rotatable bonds is 2. The molecule has 2 saturated heterocycles. The van der Waals surface area contributed by atoms with Crippen molar-refractivity contribution in [1.29, 1.82) is 0 Å². The molecular formula is C9H14O5. The Morgan fingerprint density at radius 1 is 1.43 bits per heavy atom. The molecule has 5 heteroatoms. The Morgan fingerprint density at radius 2 is 2.07 bits per heavy atom. The molecule has 0 radical (unpaired) electrons. The van der Waals surface area contributed by atoms with Crippen molar-refractivity contribution < 1.29 is 23.7 Å². The van der Waals surface area contributed by atoms with Crippen LogP contribution in [0.2, 0.25) is 0 Å². The van der Waals surface area contributed by atoms with E-state index in [1.54, 1.807) is 13.8 Å². The number of carbonyl (C=O) groups excluding carboxylic acids is 1. The number of hydrogen-bond donors (Lipinski definition) is 0. The fourth-order valence-corrected chi connectivity index (χ4v) is 1.60. The van der Waals surface area contributed by atoms with Gasteiger partial charge in [-0.3, -0.25) is 0 Å². The largest absolute Gasteiger partial charge is 0.467 e. The lowest BCUT2D eigenvalue weighted by Crippen LogP contribution is -2.35. The van der Waals surface area contributed by atoms with Crippen LogP contribution in [0.4, 0.5) is 0 Å². The van der Waals surface area contributed by atoms with Gasteiger partial charge in [-0.15, -0.1) is 0 Å². The second-order valence-electron chi connectivity index (χ2n) is 3.92. The average Bonchev–Trinajstić information content (AvgIpc) is 2.89. The van der Waals surface area contributed by atoms with E-state index in [2.05, 4.69) is 4.74 Å². The highest BCUT2D eigenvalue weighted by Gasteiger charge is 2.53. The fourth-order valence-electron chi connectivity index (χ4n) is 1.60. The molecule has 2 heterocycles. The van der Waals surface area contributed by atoms with E-state index < -0.39 is 17.9 Å². The minimum absolute atomic E-state index is 0.0270.